The first-order valence-electron chi connectivity index (χ1n) is 8.72. The average Bonchev–Trinajstić information content (AvgIpc) is 2.97. The van der Waals surface area contributed by atoms with E-state index in [-0.39, 0.29) is 18.2 Å². The molecule has 0 aromatic heterocycles. The van der Waals surface area contributed by atoms with Gasteiger partial charge in [0.1, 0.15) is 17.5 Å². The van der Waals surface area contributed by atoms with E-state index in [9.17, 15) is 9.59 Å². The van der Waals surface area contributed by atoms with Crippen molar-refractivity contribution in [2.75, 3.05) is 10.2 Å². The second-order valence-corrected chi connectivity index (χ2v) is 6.24. The van der Waals surface area contributed by atoms with Gasteiger partial charge in [-0.05, 0) is 48.5 Å². The molecule has 3 aromatic rings. The van der Waals surface area contributed by atoms with Crippen LogP contribution in [0.5, 0.6) is 11.5 Å². The van der Waals surface area contributed by atoms with Crippen molar-refractivity contribution in [3.05, 3.63) is 84.9 Å². The van der Waals surface area contributed by atoms with Crippen molar-refractivity contribution in [1.82, 2.24) is 0 Å². The largest absolute Gasteiger partial charge is 0.457 e. The number of nitrogens with one attached hydrogen (secondary N) is 1. The summed E-state index contributed by atoms with van der Waals surface area (Å²) in [4.78, 5) is 26.3. The summed E-state index contributed by atoms with van der Waals surface area (Å²) in [5.74, 6) is 0.902. The number of benzene rings is 3. The molecule has 1 saturated heterocycles. The molecule has 0 radical (unpaired) electrons. The van der Waals surface area contributed by atoms with Crippen molar-refractivity contribution in [3.63, 3.8) is 0 Å². The molecule has 0 spiro atoms. The quantitative estimate of drug-likeness (QED) is 0.694. The lowest BCUT2D eigenvalue weighted by Gasteiger charge is -2.16. The first-order valence-corrected chi connectivity index (χ1v) is 8.72. The average molecular weight is 358 g/mol. The maximum Gasteiger partial charge on any atom is 0.256 e. The maximum absolute atomic E-state index is 12.7. The number of imide groups is 1. The normalized spacial score (nSPS) is 16.4. The molecule has 1 aliphatic heterocycles. The van der Waals surface area contributed by atoms with E-state index in [2.05, 4.69) is 5.32 Å². The van der Waals surface area contributed by atoms with Crippen LogP contribution in [0.1, 0.15) is 6.42 Å². The number of anilines is 2. The highest BCUT2D eigenvalue weighted by Crippen LogP contribution is 2.28. The summed E-state index contributed by atoms with van der Waals surface area (Å²) in [5, 5.41) is 3.13. The Labute approximate surface area is 157 Å². The Hall–Kier alpha value is -3.60. The number of para-hydroxylation sites is 2. The molecule has 1 fully saturated rings. The molecular weight excluding hydrogens is 340 g/mol. The van der Waals surface area contributed by atoms with E-state index >= 15 is 0 Å². The molecule has 0 unspecified atom stereocenters. The van der Waals surface area contributed by atoms with Gasteiger partial charge in [0.05, 0.1) is 12.1 Å². The van der Waals surface area contributed by atoms with Crippen molar-refractivity contribution >= 4 is 23.2 Å². The molecule has 3 aromatic carbocycles. The third-order valence-corrected chi connectivity index (χ3v) is 4.34. The van der Waals surface area contributed by atoms with E-state index in [1.54, 1.807) is 24.3 Å². The summed E-state index contributed by atoms with van der Waals surface area (Å²) >= 11 is 0. The molecule has 0 bridgehead atoms. The summed E-state index contributed by atoms with van der Waals surface area (Å²) in [5.41, 5.74) is 1.36. The second-order valence-electron chi connectivity index (χ2n) is 6.24. The van der Waals surface area contributed by atoms with Crippen LogP contribution >= 0.6 is 0 Å². The van der Waals surface area contributed by atoms with Crippen molar-refractivity contribution < 1.29 is 14.3 Å². The fourth-order valence-corrected chi connectivity index (χ4v) is 3.04. The number of ether oxygens (including phenoxy) is 1. The van der Waals surface area contributed by atoms with Crippen molar-refractivity contribution in [1.29, 1.82) is 0 Å². The fraction of sp³-hybridized carbons (Fsp3) is 0.0909. The molecule has 5 nitrogen and oxygen atoms in total. The molecule has 1 N–H and O–H groups in total. The van der Waals surface area contributed by atoms with Gasteiger partial charge in [-0.1, -0.05) is 36.4 Å². The molecule has 1 aliphatic rings. The number of carbonyl (C=O) groups is 2. The van der Waals surface area contributed by atoms with Gasteiger partial charge < -0.3 is 10.1 Å². The van der Waals surface area contributed by atoms with Gasteiger partial charge in [0.25, 0.3) is 5.91 Å². The lowest BCUT2D eigenvalue weighted by atomic mass is 10.2. The van der Waals surface area contributed by atoms with Gasteiger partial charge >= 0.3 is 0 Å². The lowest BCUT2D eigenvalue weighted by molar-refractivity contribution is -0.121. The first-order chi connectivity index (χ1) is 13.2. The Bertz CT molecular complexity index is 940. The predicted octanol–water partition coefficient (Wildman–Crippen LogP) is 4.22. The molecule has 1 atom stereocenters. The molecule has 5 heteroatoms. The number of hydrogen-bond acceptors (Lipinski definition) is 4. The van der Waals surface area contributed by atoms with E-state index < -0.39 is 6.04 Å². The van der Waals surface area contributed by atoms with Gasteiger partial charge in [-0.3, -0.25) is 9.59 Å². The fourth-order valence-electron chi connectivity index (χ4n) is 3.04. The summed E-state index contributed by atoms with van der Waals surface area (Å²) < 4.78 is 5.75. The molecule has 1 heterocycles. The van der Waals surface area contributed by atoms with Gasteiger partial charge in [-0.25, -0.2) is 4.90 Å². The van der Waals surface area contributed by atoms with Crippen LogP contribution in [0.25, 0.3) is 0 Å². The minimum atomic E-state index is -0.555. The highest BCUT2D eigenvalue weighted by molar-refractivity contribution is 6.23. The monoisotopic (exact) mass is 358 g/mol. The zero-order chi connectivity index (χ0) is 18.6. The Balaban J connectivity index is 1.48. The topological polar surface area (TPSA) is 58.6 Å². The third kappa shape index (κ3) is 3.67. The van der Waals surface area contributed by atoms with Crippen LogP contribution in [-0.2, 0) is 9.59 Å². The van der Waals surface area contributed by atoms with Crippen molar-refractivity contribution in [2.45, 2.75) is 12.5 Å². The van der Waals surface area contributed by atoms with Crippen molar-refractivity contribution in [2.24, 2.45) is 0 Å². The smallest absolute Gasteiger partial charge is 0.256 e. The van der Waals surface area contributed by atoms with E-state index in [0.717, 1.165) is 11.4 Å². The highest BCUT2D eigenvalue weighted by Gasteiger charge is 2.39. The Kier molecular flexibility index (Phi) is 4.58. The van der Waals surface area contributed by atoms with Gasteiger partial charge in [-0.2, -0.15) is 0 Å². The standard InChI is InChI=1S/C22H18N2O3/c25-21-15-20(23-16-7-3-1-4-8-16)22(26)24(21)17-11-13-19(14-12-17)27-18-9-5-2-6-10-18/h1-14,20,23H,15H2/t20-/m0/s1. The highest BCUT2D eigenvalue weighted by atomic mass is 16.5. The minimum Gasteiger partial charge on any atom is -0.457 e. The van der Waals surface area contributed by atoms with Crippen LogP contribution in [-0.4, -0.2) is 17.9 Å². The van der Waals surface area contributed by atoms with Gasteiger partial charge in [0.2, 0.25) is 5.91 Å². The molecule has 0 saturated carbocycles. The Morgan fingerprint density at radius 2 is 1.37 bits per heavy atom. The number of hydrogen-bond donors (Lipinski definition) is 1. The molecule has 134 valence electrons. The molecule has 2 amide bonds. The van der Waals surface area contributed by atoms with E-state index in [4.69, 9.17) is 4.74 Å². The maximum atomic E-state index is 12.7. The van der Waals surface area contributed by atoms with Crippen molar-refractivity contribution in [3.8, 4) is 11.5 Å². The zero-order valence-corrected chi connectivity index (χ0v) is 14.5. The number of carbonyl (C=O) groups excluding carboxylic acids is 2. The summed E-state index contributed by atoms with van der Waals surface area (Å²) in [7, 11) is 0. The molecule has 27 heavy (non-hydrogen) atoms. The summed E-state index contributed by atoms with van der Waals surface area (Å²) in [6.45, 7) is 0. The third-order valence-electron chi connectivity index (χ3n) is 4.34. The Morgan fingerprint density at radius 3 is 2.04 bits per heavy atom. The van der Waals surface area contributed by atoms with Gasteiger partial charge in [0, 0.05) is 5.69 Å². The minimum absolute atomic E-state index is 0.135. The van der Waals surface area contributed by atoms with Crippen LogP contribution in [0, 0.1) is 0 Å². The zero-order valence-electron chi connectivity index (χ0n) is 14.5. The predicted molar refractivity (Wildman–Crippen MR) is 104 cm³/mol. The molecule has 4 rings (SSSR count). The van der Waals surface area contributed by atoms with Gasteiger partial charge in [0.15, 0.2) is 0 Å². The number of nitrogens with zero attached hydrogens (tertiary/aromatic N) is 1. The van der Waals surface area contributed by atoms with E-state index in [1.165, 1.54) is 4.90 Å². The number of amides is 2. The summed E-state index contributed by atoms with van der Waals surface area (Å²) in [6, 6.07) is 25.2. The second kappa shape index (κ2) is 7.33. The van der Waals surface area contributed by atoms with Gasteiger partial charge in [-0.15, -0.1) is 0 Å². The molecular formula is C22H18N2O3. The summed E-state index contributed by atoms with van der Waals surface area (Å²) in [6.07, 6.45) is 0.135. The van der Waals surface area contributed by atoms with E-state index in [0.29, 0.717) is 11.4 Å². The van der Waals surface area contributed by atoms with Crippen LogP contribution in [0.2, 0.25) is 0 Å². The SMILES string of the molecule is O=C1C[C@H](Nc2ccccc2)C(=O)N1c1ccc(Oc2ccccc2)cc1. The van der Waals surface area contributed by atoms with Crippen LogP contribution in [0.4, 0.5) is 11.4 Å². The van der Waals surface area contributed by atoms with Crippen LogP contribution < -0.4 is 15.0 Å². The van der Waals surface area contributed by atoms with Crippen LogP contribution in [0.3, 0.4) is 0 Å². The Morgan fingerprint density at radius 1 is 0.778 bits per heavy atom. The van der Waals surface area contributed by atoms with E-state index in [1.807, 2.05) is 60.7 Å². The molecule has 0 aliphatic carbocycles. The van der Waals surface area contributed by atoms with Crippen LogP contribution in [0.15, 0.2) is 84.9 Å². The first kappa shape index (κ1) is 16.8. The lowest BCUT2D eigenvalue weighted by Crippen LogP contribution is -2.34. The number of rotatable bonds is 5.